The van der Waals surface area contributed by atoms with Crippen molar-refractivity contribution in [3.63, 3.8) is 0 Å². The minimum Gasteiger partial charge on any atom is -0.329 e. The lowest BCUT2D eigenvalue weighted by Crippen LogP contribution is -2.15. The number of benzene rings is 2. The van der Waals surface area contributed by atoms with E-state index in [1.54, 1.807) is 12.5 Å². The summed E-state index contributed by atoms with van der Waals surface area (Å²) in [7, 11) is 0. The lowest BCUT2D eigenvalue weighted by molar-refractivity contribution is 0.782. The largest absolute Gasteiger partial charge is 0.329 e. The molecule has 2 N–H and O–H groups in total. The highest BCUT2D eigenvalue weighted by Crippen LogP contribution is 2.26. The Balaban J connectivity index is 2.06. The van der Waals surface area contributed by atoms with E-state index in [2.05, 4.69) is 53.3 Å². The van der Waals surface area contributed by atoms with Crippen molar-refractivity contribution in [2.24, 2.45) is 5.73 Å². The molecule has 1 unspecified atom stereocenters. The third-order valence-corrected chi connectivity index (χ3v) is 3.62. The number of nitrogens with zero attached hydrogens (tertiary/aromatic N) is 2. The van der Waals surface area contributed by atoms with E-state index in [9.17, 15) is 0 Å². The summed E-state index contributed by atoms with van der Waals surface area (Å²) in [5, 5.41) is 2.49. The molecule has 3 aromatic rings. The van der Waals surface area contributed by atoms with E-state index in [4.69, 9.17) is 5.73 Å². The second-order valence-electron chi connectivity index (χ2n) is 5.03. The van der Waals surface area contributed by atoms with Crippen molar-refractivity contribution >= 4 is 10.8 Å². The SMILES string of the molecule is Cc1ccc2cc(C(CN)c3ccncn3)ccc2c1. The molecule has 0 aliphatic carbocycles. The summed E-state index contributed by atoms with van der Waals surface area (Å²) in [6, 6.07) is 14.9. The van der Waals surface area contributed by atoms with Gasteiger partial charge < -0.3 is 5.73 Å². The maximum atomic E-state index is 5.94. The molecule has 0 bridgehead atoms. The minimum absolute atomic E-state index is 0.115. The van der Waals surface area contributed by atoms with Gasteiger partial charge in [0.15, 0.2) is 0 Å². The fraction of sp³-hybridized carbons (Fsp3) is 0.176. The number of nitrogens with two attached hydrogens (primary N) is 1. The fourth-order valence-electron chi connectivity index (χ4n) is 2.54. The zero-order chi connectivity index (χ0) is 13.9. The van der Waals surface area contributed by atoms with Gasteiger partial charge in [0.1, 0.15) is 6.33 Å². The summed E-state index contributed by atoms with van der Waals surface area (Å²) < 4.78 is 0. The van der Waals surface area contributed by atoms with Gasteiger partial charge in [-0.15, -0.1) is 0 Å². The van der Waals surface area contributed by atoms with Crippen LogP contribution in [0.2, 0.25) is 0 Å². The molecule has 0 aliphatic heterocycles. The van der Waals surface area contributed by atoms with Gasteiger partial charge in [-0.1, -0.05) is 42.0 Å². The molecular weight excluding hydrogens is 246 g/mol. The van der Waals surface area contributed by atoms with E-state index in [0.29, 0.717) is 6.54 Å². The van der Waals surface area contributed by atoms with Crippen LogP contribution >= 0.6 is 0 Å². The molecule has 0 amide bonds. The highest BCUT2D eigenvalue weighted by atomic mass is 14.8. The molecule has 3 rings (SSSR count). The van der Waals surface area contributed by atoms with E-state index >= 15 is 0 Å². The van der Waals surface area contributed by atoms with Crippen molar-refractivity contribution in [3.8, 4) is 0 Å². The lowest BCUT2D eigenvalue weighted by atomic mass is 9.93. The van der Waals surface area contributed by atoms with E-state index in [-0.39, 0.29) is 5.92 Å². The van der Waals surface area contributed by atoms with Crippen LogP contribution < -0.4 is 5.73 Å². The molecular formula is C17H17N3. The van der Waals surface area contributed by atoms with Crippen LogP contribution in [0.1, 0.15) is 22.7 Å². The molecule has 0 fully saturated rings. The second kappa shape index (κ2) is 5.39. The fourth-order valence-corrected chi connectivity index (χ4v) is 2.54. The van der Waals surface area contributed by atoms with Crippen LogP contribution in [0, 0.1) is 6.92 Å². The molecule has 3 nitrogen and oxygen atoms in total. The maximum Gasteiger partial charge on any atom is 0.115 e. The smallest absolute Gasteiger partial charge is 0.115 e. The van der Waals surface area contributed by atoms with Gasteiger partial charge in [0.05, 0.1) is 5.69 Å². The third-order valence-electron chi connectivity index (χ3n) is 3.62. The Morgan fingerprint density at radius 2 is 1.85 bits per heavy atom. The summed E-state index contributed by atoms with van der Waals surface area (Å²) in [4.78, 5) is 8.29. The van der Waals surface area contributed by atoms with Crippen LogP contribution in [0.15, 0.2) is 55.0 Å². The van der Waals surface area contributed by atoms with Crippen molar-refractivity contribution in [1.29, 1.82) is 0 Å². The molecule has 1 aromatic heterocycles. The zero-order valence-electron chi connectivity index (χ0n) is 11.5. The van der Waals surface area contributed by atoms with Crippen molar-refractivity contribution in [2.75, 3.05) is 6.54 Å². The lowest BCUT2D eigenvalue weighted by Gasteiger charge is -2.15. The summed E-state index contributed by atoms with van der Waals surface area (Å²) in [6.07, 6.45) is 3.33. The first-order valence-electron chi connectivity index (χ1n) is 6.74. The summed E-state index contributed by atoms with van der Waals surface area (Å²) in [5.41, 5.74) is 9.38. The van der Waals surface area contributed by atoms with Crippen molar-refractivity contribution in [2.45, 2.75) is 12.8 Å². The van der Waals surface area contributed by atoms with Gasteiger partial charge in [-0.3, -0.25) is 0 Å². The van der Waals surface area contributed by atoms with Gasteiger partial charge >= 0.3 is 0 Å². The maximum absolute atomic E-state index is 5.94. The first-order valence-corrected chi connectivity index (χ1v) is 6.74. The van der Waals surface area contributed by atoms with Crippen LogP contribution in [0.5, 0.6) is 0 Å². The van der Waals surface area contributed by atoms with Crippen LogP contribution in [-0.4, -0.2) is 16.5 Å². The first kappa shape index (κ1) is 12.8. The van der Waals surface area contributed by atoms with Gasteiger partial charge in [0, 0.05) is 18.7 Å². The van der Waals surface area contributed by atoms with Gasteiger partial charge in [-0.2, -0.15) is 0 Å². The molecule has 1 atom stereocenters. The van der Waals surface area contributed by atoms with E-state index in [1.807, 2.05) is 6.07 Å². The Hall–Kier alpha value is -2.26. The number of fused-ring (bicyclic) bond motifs is 1. The summed E-state index contributed by atoms with van der Waals surface area (Å²) in [6.45, 7) is 2.64. The van der Waals surface area contributed by atoms with Crippen molar-refractivity contribution in [3.05, 3.63) is 71.8 Å². The van der Waals surface area contributed by atoms with Crippen molar-refractivity contribution in [1.82, 2.24) is 9.97 Å². The topological polar surface area (TPSA) is 51.8 Å². The second-order valence-corrected chi connectivity index (χ2v) is 5.03. The predicted molar refractivity (Wildman–Crippen MR) is 81.6 cm³/mol. The average molecular weight is 263 g/mol. The minimum atomic E-state index is 0.115. The number of aromatic nitrogens is 2. The molecule has 0 saturated carbocycles. The Morgan fingerprint density at radius 3 is 2.60 bits per heavy atom. The first-order chi connectivity index (χ1) is 9.78. The molecule has 100 valence electrons. The molecule has 0 saturated heterocycles. The highest BCUT2D eigenvalue weighted by Gasteiger charge is 2.14. The van der Waals surface area contributed by atoms with E-state index < -0.39 is 0 Å². The summed E-state index contributed by atoms with van der Waals surface area (Å²) >= 11 is 0. The molecule has 20 heavy (non-hydrogen) atoms. The molecule has 0 spiro atoms. The Bertz CT molecular complexity index is 723. The monoisotopic (exact) mass is 263 g/mol. The standard InChI is InChI=1S/C17H17N3/c1-12-2-3-14-9-15(5-4-13(14)8-12)16(10-18)17-6-7-19-11-20-17/h2-9,11,16H,10,18H2,1H3. The number of hydrogen-bond acceptors (Lipinski definition) is 3. The molecule has 0 aliphatic rings. The quantitative estimate of drug-likeness (QED) is 0.790. The zero-order valence-corrected chi connectivity index (χ0v) is 11.5. The molecule has 3 heteroatoms. The van der Waals surface area contributed by atoms with Crippen molar-refractivity contribution < 1.29 is 0 Å². The molecule has 2 aromatic carbocycles. The van der Waals surface area contributed by atoms with Gasteiger partial charge in [0.25, 0.3) is 0 Å². The number of hydrogen-bond donors (Lipinski definition) is 1. The Kier molecular flexibility index (Phi) is 3.44. The number of aryl methyl sites for hydroxylation is 1. The van der Waals surface area contributed by atoms with Crippen LogP contribution in [0.4, 0.5) is 0 Å². The van der Waals surface area contributed by atoms with Crippen LogP contribution in [-0.2, 0) is 0 Å². The molecule has 0 radical (unpaired) electrons. The normalized spacial score (nSPS) is 12.5. The third kappa shape index (κ3) is 2.40. The highest BCUT2D eigenvalue weighted by molar-refractivity contribution is 5.84. The predicted octanol–water partition coefficient (Wildman–Crippen LogP) is 3.03. The van der Waals surface area contributed by atoms with Crippen LogP contribution in [0.25, 0.3) is 10.8 Å². The average Bonchev–Trinajstić information content (AvgIpc) is 2.49. The summed E-state index contributed by atoms with van der Waals surface area (Å²) in [5.74, 6) is 0.115. The Labute approximate surface area is 118 Å². The van der Waals surface area contributed by atoms with Crippen LogP contribution in [0.3, 0.4) is 0 Å². The van der Waals surface area contributed by atoms with Gasteiger partial charge in [-0.05, 0) is 29.3 Å². The Morgan fingerprint density at radius 1 is 1.05 bits per heavy atom. The number of rotatable bonds is 3. The van der Waals surface area contributed by atoms with Gasteiger partial charge in [0.2, 0.25) is 0 Å². The van der Waals surface area contributed by atoms with Gasteiger partial charge in [-0.25, -0.2) is 9.97 Å². The van der Waals surface area contributed by atoms with E-state index in [0.717, 1.165) is 5.69 Å². The molecule has 1 heterocycles. The van der Waals surface area contributed by atoms with E-state index in [1.165, 1.54) is 21.9 Å².